The van der Waals surface area contributed by atoms with Gasteiger partial charge in [0.2, 0.25) is 0 Å². The van der Waals surface area contributed by atoms with Crippen molar-refractivity contribution in [1.82, 2.24) is 15.5 Å². The Kier molecular flexibility index (Phi) is 3.72. The number of nitrogens with zero attached hydrogens (tertiary/aromatic N) is 2. The van der Waals surface area contributed by atoms with E-state index in [1.165, 1.54) is 0 Å². The van der Waals surface area contributed by atoms with Crippen LogP contribution in [0.3, 0.4) is 0 Å². The topological polar surface area (TPSA) is 93.2 Å². The van der Waals surface area contributed by atoms with Crippen LogP contribution in [0.25, 0.3) is 11.7 Å². The fourth-order valence-corrected chi connectivity index (χ4v) is 2.50. The van der Waals surface area contributed by atoms with Crippen LogP contribution in [0.2, 0.25) is 0 Å². The number of furan rings is 1. The maximum Gasteiger partial charge on any atom is 0.324 e. The van der Waals surface area contributed by atoms with Gasteiger partial charge in [-0.3, -0.25) is 5.32 Å². The molecule has 2 aromatic rings. The fraction of sp³-hybridized carbons (Fsp3) is 0.417. The van der Waals surface area contributed by atoms with Crippen LogP contribution >= 0.6 is 15.9 Å². The first-order chi connectivity index (χ1) is 9.70. The summed E-state index contributed by atoms with van der Waals surface area (Å²) in [7, 11) is 0. The van der Waals surface area contributed by atoms with Crippen molar-refractivity contribution in [3.63, 3.8) is 0 Å². The Morgan fingerprint density at radius 2 is 2.05 bits per heavy atom. The molecule has 0 aliphatic heterocycles. The Morgan fingerprint density at radius 1 is 1.25 bits per heavy atom. The van der Waals surface area contributed by atoms with Gasteiger partial charge in [0.25, 0.3) is 5.89 Å². The third kappa shape index (κ3) is 3.01. The normalized spacial score (nSPS) is 15.4. The van der Waals surface area contributed by atoms with Crippen molar-refractivity contribution in [2.45, 2.75) is 31.7 Å². The summed E-state index contributed by atoms with van der Waals surface area (Å²) in [5, 5.41) is 13.0. The number of amides is 2. The molecular weight excluding hydrogens is 328 g/mol. The monoisotopic (exact) mass is 340 g/mol. The van der Waals surface area contributed by atoms with E-state index < -0.39 is 0 Å². The number of halogens is 1. The Bertz CT molecular complexity index is 603. The van der Waals surface area contributed by atoms with Crippen molar-refractivity contribution >= 4 is 28.0 Å². The van der Waals surface area contributed by atoms with E-state index in [2.05, 4.69) is 36.8 Å². The molecule has 2 N–H and O–H groups in total. The first-order valence-electron chi connectivity index (χ1n) is 6.37. The van der Waals surface area contributed by atoms with Gasteiger partial charge in [-0.05, 0) is 40.9 Å². The molecule has 1 aliphatic rings. The van der Waals surface area contributed by atoms with Crippen molar-refractivity contribution < 1.29 is 13.6 Å². The average Bonchev–Trinajstić information content (AvgIpc) is 3.10. The fourth-order valence-electron chi connectivity index (χ4n) is 2.19. The molecule has 106 valence electrons. The first kappa shape index (κ1) is 13.2. The van der Waals surface area contributed by atoms with Crippen molar-refractivity contribution in [3.8, 4) is 11.7 Å². The van der Waals surface area contributed by atoms with Gasteiger partial charge in [-0.25, -0.2) is 4.79 Å². The highest BCUT2D eigenvalue weighted by Crippen LogP contribution is 2.25. The van der Waals surface area contributed by atoms with Crippen LogP contribution in [-0.4, -0.2) is 22.3 Å². The Labute approximate surface area is 123 Å². The van der Waals surface area contributed by atoms with Gasteiger partial charge in [-0.2, -0.15) is 0 Å². The van der Waals surface area contributed by atoms with E-state index in [0.717, 1.165) is 25.7 Å². The summed E-state index contributed by atoms with van der Waals surface area (Å²) in [5.74, 6) is 0.653. The van der Waals surface area contributed by atoms with E-state index in [9.17, 15) is 4.79 Å². The van der Waals surface area contributed by atoms with Crippen molar-refractivity contribution in [3.05, 3.63) is 16.8 Å². The second-order valence-electron chi connectivity index (χ2n) is 4.60. The van der Waals surface area contributed by atoms with Crippen molar-refractivity contribution in [2.75, 3.05) is 5.32 Å². The Balaban J connectivity index is 1.60. The van der Waals surface area contributed by atoms with E-state index in [-0.39, 0.29) is 24.0 Å². The third-order valence-electron chi connectivity index (χ3n) is 3.12. The average molecular weight is 341 g/mol. The van der Waals surface area contributed by atoms with Crippen LogP contribution in [-0.2, 0) is 0 Å². The predicted octanol–water partition coefficient (Wildman–Crippen LogP) is 3.16. The summed E-state index contributed by atoms with van der Waals surface area (Å²) in [6, 6.07) is 3.37. The molecule has 1 saturated carbocycles. The highest BCUT2D eigenvalue weighted by atomic mass is 79.9. The van der Waals surface area contributed by atoms with E-state index >= 15 is 0 Å². The lowest BCUT2D eigenvalue weighted by molar-refractivity contribution is 0.248. The molecule has 8 heteroatoms. The summed E-state index contributed by atoms with van der Waals surface area (Å²) in [4.78, 5) is 11.7. The van der Waals surface area contributed by atoms with Crippen LogP contribution < -0.4 is 10.6 Å². The van der Waals surface area contributed by atoms with E-state index in [0.29, 0.717) is 10.4 Å². The first-order valence-corrected chi connectivity index (χ1v) is 7.17. The van der Waals surface area contributed by atoms with Crippen LogP contribution in [0.15, 0.2) is 25.6 Å². The molecule has 2 heterocycles. The predicted molar refractivity (Wildman–Crippen MR) is 74.1 cm³/mol. The zero-order valence-electron chi connectivity index (χ0n) is 10.6. The van der Waals surface area contributed by atoms with Crippen molar-refractivity contribution in [1.29, 1.82) is 0 Å². The lowest BCUT2D eigenvalue weighted by Gasteiger charge is -2.10. The van der Waals surface area contributed by atoms with E-state index in [4.69, 9.17) is 8.83 Å². The molecule has 7 nitrogen and oxygen atoms in total. The number of hydrogen-bond acceptors (Lipinski definition) is 5. The second-order valence-corrected chi connectivity index (χ2v) is 5.38. The number of carbonyl (C=O) groups is 1. The van der Waals surface area contributed by atoms with Crippen LogP contribution in [0.4, 0.5) is 10.8 Å². The maximum absolute atomic E-state index is 11.7. The molecule has 1 aliphatic carbocycles. The van der Waals surface area contributed by atoms with Gasteiger partial charge in [0.05, 0.1) is 0 Å². The van der Waals surface area contributed by atoms with Gasteiger partial charge < -0.3 is 14.2 Å². The summed E-state index contributed by atoms with van der Waals surface area (Å²) < 4.78 is 11.2. The summed E-state index contributed by atoms with van der Waals surface area (Å²) in [6.45, 7) is 0. The van der Waals surface area contributed by atoms with Crippen LogP contribution in [0, 0.1) is 0 Å². The minimum atomic E-state index is -0.326. The number of urea groups is 1. The molecule has 0 unspecified atom stereocenters. The van der Waals surface area contributed by atoms with Crippen molar-refractivity contribution in [2.24, 2.45) is 0 Å². The molecule has 0 saturated heterocycles. The zero-order chi connectivity index (χ0) is 13.9. The maximum atomic E-state index is 11.7. The Morgan fingerprint density at radius 3 is 2.75 bits per heavy atom. The smallest absolute Gasteiger partial charge is 0.324 e. The molecule has 0 radical (unpaired) electrons. The van der Waals surface area contributed by atoms with Crippen LogP contribution in [0.5, 0.6) is 0 Å². The largest absolute Gasteiger partial charge is 0.444 e. The summed E-state index contributed by atoms with van der Waals surface area (Å²) in [5.41, 5.74) is 0. The molecule has 2 aromatic heterocycles. The molecule has 1 fully saturated rings. The highest BCUT2D eigenvalue weighted by molar-refractivity contribution is 9.10. The molecule has 0 bridgehead atoms. The molecule has 3 rings (SSSR count). The molecule has 0 aromatic carbocycles. The lowest BCUT2D eigenvalue weighted by atomic mass is 10.3. The molecule has 0 spiro atoms. The minimum absolute atomic E-state index is 0.0445. The van der Waals surface area contributed by atoms with Gasteiger partial charge >= 0.3 is 12.0 Å². The lowest BCUT2D eigenvalue weighted by Crippen LogP contribution is -2.36. The van der Waals surface area contributed by atoms with E-state index in [1.807, 2.05) is 0 Å². The zero-order valence-corrected chi connectivity index (χ0v) is 12.1. The Hall–Kier alpha value is -1.83. The van der Waals surface area contributed by atoms with Gasteiger partial charge in [0.1, 0.15) is 0 Å². The number of nitrogens with one attached hydrogen (secondary N) is 2. The molecule has 0 atom stereocenters. The van der Waals surface area contributed by atoms with Gasteiger partial charge in [-0.15, -0.1) is 5.10 Å². The van der Waals surface area contributed by atoms with Crippen LogP contribution in [0.1, 0.15) is 25.7 Å². The number of carbonyl (C=O) groups excluding carboxylic acids is 1. The number of rotatable bonds is 3. The van der Waals surface area contributed by atoms with Gasteiger partial charge in [-0.1, -0.05) is 17.9 Å². The van der Waals surface area contributed by atoms with Gasteiger partial charge in [0.15, 0.2) is 10.4 Å². The number of aromatic nitrogens is 2. The standard InChI is InChI=1S/C12H13BrN4O3/c13-9-6-5-8(19-9)10-16-17-12(20-10)15-11(18)14-7-3-1-2-4-7/h5-7H,1-4H2,(H2,14,15,17,18). The third-order valence-corrected chi connectivity index (χ3v) is 3.55. The van der Waals surface area contributed by atoms with E-state index in [1.54, 1.807) is 12.1 Å². The molecule has 2 amide bonds. The highest BCUT2D eigenvalue weighted by Gasteiger charge is 2.19. The molecular formula is C12H13BrN4O3. The second kappa shape index (κ2) is 5.66. The van der Waals surface area contributed by atoms with Gasteiger partial charge in [0, 0.05) is 6.04 Å². The summed E-state index contributed by atoms with van der Waals surface area (Å²) in [6.07, 6.45) is 4.35. The SMILES string of the molecule is O=C(Nc1nnc(-c2ccc(Br)o2)o1)NC1CCCC1. The quantitative estimate of drug-likeness (QED) is 0.894. The summed E-state index contributed by atoms with van der Waals surface area (Å²) >= 11 is 3.19. The minimum Gasteiger partial charge on any atom is -0.444 e. The number of anilines is 1. The molecule has 20 heavy (non-hydrogen) atoms. The number of hydrogen-bond donors (Lipinski definition) is 2.